The molecule has 3 nitrogen and oxygen atoms in total. The standard InChI is InChI=1S/C10H19NO2S/c1-9(2,3)13-8(12)11-6-10(4,5)14-7-11/h6-7H2,1-5H3. The molecule has 1 aliphatic rings. The Hall–Kier alpha value is -0.380. The Bertz CT molecular complexity index is 233. The second-order valence-electron chi connectivity index (χ2n) is 5.21. The highest BCUT2D eigenvalue weighted by Gasteiger charge is 2.34. The van der Waals surface area contributed by atoms with Gasteiger partial charge in [-0.05, 0) is 34.6 Å². The topological polar surface area (TPSA) is 29.5 Å². The number of carbonyl (C=O) groups excluding carboxylic acids is 1. The smallest absolute Gasteiger partial charge is 0.411 e. The van der Waals surface area contributed by atoms with Gasteiger partial charge in [0.25, 0.3) is 0 Å². The molecule has 0 N–H and O–H groups in total. The average Bonchev–Trinajstić information content (AvgIpc) is 2.26. The Morgan fingerprint density at radius 3 is 2.36 bits per heavy atom. The van der Waals surface area contributed by atoms with Crippen LogP contribution in [0.3, 0.4) is 0 Å². The summed E-state index contributed by atoms with van der Waals surface area (Å²) in [5, 5.41) is 0. The number of hydrogen-bond acceptors (Lipinski definition) is 3. The fourth-order valence-electron chi connectivity index (χ4n) is 1.25. The minimum Gasteiger partial charge on any atom is -0.444 e. The zero-order valence-corrected chi connectivity index (χ0v) is 10.4. The van der Waals surface area contributed by atoms with Crippen molar-refractivity contribution in [2.24, 2.45) is 0 Å². The van der Waals surface area contributed by atoms with E-state index in [1.54, 1.807) is 16.7 Å². The van der Waals surface area contributed by atoms with E-state index in [-0.39, 0.29) is 10.8 Å². The second kappa shape index (κ2) is 3.65. The summed E-state index contributed by atoms with van der Waals surface area (Å²) in [6, 6.07) is 0. The first-order valence-electron chi connectivity index (χ1n) is 4.81. The highest BCUT2D eigenvalue weighted by Crippen LogP contribution is 2.33. The normalized spacial score (nSPS) is 21.1. The van der Waals surface area contributed by atoms with Gasteiger partial charge in [-0.15, -0.1) is 11.8 Å². The van der Waals surface area contributed by atoms with E-state index in [9.17, 15) is 4.79 Å². The van der Waals surface area contributed by atoms with Gasteiger partial charge in [-0.3, -0.25) is 4.90 Å². The fourth-order valence-corrected chi connectivity index (χ4v) is 2.20. The molecule has 1 fully saturated rings. The molecule has 1 heterocycles. The minimum atomic E-state index is -0.394. The summed E-state index contributed by atoms with van der Waals surface area (Å²) < 4.78 is 5.45. The number of carbonyl (C=O) groups is 1. The van der Waals surface area contributed by atoms with Gasteiger partial charge in [-0.25, -0.2) is 4.79 Å². The minimum absolute atomic E-state index is 0.164. The molecule has 0 saturated carbocycles. The molecule has 4 heteroatoms. The molecule has 0 aromatic rings. The summed E-state index contributed by atoms with van der Waals surface area (Å²) in [6.07, 6.45) is -0.199. The largest absolute Gasteiger partial charge is 0.444 e. The zero-order valence-electron chi connectivity index (χ0n) is 9.59. The molecule has 1 saturated heterocycles. The lowest BCUT2D eigenvalue weighted by Gasteiger charge is -2.24. The Morgan fingerprint density at radius 2 is 2.00 bits per heavy atom. The first-order chi connectivity index (χ1) is 6.20. The lowest BCUT2D eigenvalue weighted by atomic mass is 10.2. The van der Waals surface area contributed by atoms with Crippen LogP contribution in [-0.2, 0) is 4.74 Å². The lowest BCUT2D eigenvalue weighted by Crippen LogP contribution is -2.37. The highest BCUT2D eigenvalue weighted by atomic mass is 32.2. The van der Waals surface area contributed by atoms with E-state index in [2.05, 4.69) is 13.8 Å². The summed E-state index contributed by atoms with van der Waals surface area (Å²) in [7, 11) is 0. The molecule has 14 heavy (non-hydrogen) atoms. The van der Waals surface area contributed by atoms with Crippen LogP contribution in [0, 0.1) is 0 Å². The number of hydrogen-bond donors (Lipinski definition) is 0. The van der Waals surface area contributed by atoms with Gasteiger partial charge in [0.15, 0.2) is 0 Å². The average molecular weight is 217 g/mol. The lowest BCUT2D eigenvalue weighted by molar-refractivity contribution is 0.0292. The first-order valence-corrected chi connectivity index (χ1v) is 5.80. The van der Waals surface area contributed by atoms with E-state index in [1.165, 1.54) is 0 Å². The number of thioether (sulfide) groups is 1. The van der Waals surface area contributed by atoms with Crippen molar-refractivity contribution < 1.29 is 9.53 Å². The van der Waals surface area contributed by atoms with Crippen molar-refractivity contribution in [1.82, 2.24) is 4.90 Å². The quantitative estimate of drug-likeness (QED) is 0.625. The van der Waals surface area contributed by atoms with Crippen LogP contribution in [0.15, 0.2) is 0 Å². The van der Waals surface area contributed by atoms with Gasteiger partial charge >= 0.3 is 6.09 Å². The maximum absolute atomic E-state index is 11.6. The van der Waals surface area contributed by atoms with E-state index >= 15 is 0 Å². The SMILES string of the molecule is CC(C)(C)OC(=O)N1CSC(C)(C)C1. The number of ether oxygens (including phenoxy) is 1. The van der Waals surface area contributed by atoms with Crippen LogP contribution >= 0.6 is 11.8 Å². The molecule has 1 rings (SSSR count). The maximum Gasteiger partial charge on any atom is 0.411 e. The third-order valence-corrected chi connectivity index (χ3v) is 3.19. The fraction of sp³-hybridized carbons (Fsp3) is 0.900. The predicted octanol–water partition coefficient (Wildman–Crippen LogP) is 2.71. The van der Waals surface area contributed by atoms with Crippen LogP contribution in [-0.4, -0.2) is 33.8 Å². The van der Waals surface area contributed by atoms with Crippen molar-refractivity contribution in [2.45, 2.75) is 45.0 Å². The van der Waals surface area contributed by atoms with Crippen molar-refractivity contribution in [3.8, 4) is 0 Å². The number of nitrogens with zero attached hydrogens (tertiary/aromatic N) is 1. The van der Waals surface area contributed by atoms with E-state index in [4.69, 9.17) is 4.74 Å². The van der Waals surface area contributed by atoms with Gasteiger partial charge in [-0.1, -0.05) is 0 Å². The number of amides is 1. The van der Waals surface area contributed by atoms with Crippen molar-refractivity contribution in [2.75, 3.05) is 12.4 Å². The molecule has 0 aromatic carbocycles. The van der Waals surface area contributed by atoms with Crippen molar-refractivity contribution in [1.29, 1.82) is 0 Å². The summed E-state index contributed by atoms with van der Waals surface area (Å²) in [4.78, 5) is 13.4. The van der Waals surface area contributed by atoms with Crippen LogP contribution in [0.1, 0.15) is 34.6 Å². The Balaban J connectivity index is 2.48. The van der Waals surface area contributed by atoms with Crippen molar-refractivity contribution >= 4 is 17.9 Å². The van der Waals surface area contributed by atoms with E-state index in [1.807, 2.05) is 20.8 Å². The van der Waals surface area contributed by atoms with Crippen LogP contribution < -0.4 is 0 Å². The third-order valence-electron chi connectivity index (χ3n) is 1.83. The van der Waals surface area contributed by atoms with Gasteiger partial charge in [0.1, 0.15) is 5.60 Å². The van der Waals surface area contributed by atoms with Crippen molar-refractivity contribution in [3.63, 3.8) is 0 Å². The van der Waals surface area contributed by atoms with Gasteiger partial charge in [0.05, 0.1) is 5.88 Å². The van der Waals surface area contributed by atoms with Crippen LogP contribution in [0.2, 0.25) is 0 Å². The van der Waals surface area contributed by atoms with E-state index in [0.29, 0.717) is 0 Å². The van der Waals surface area contributed by atoms with Gasteiger partial charge in [0, 0.05) is 11.3 Å². The predicted molar refractivity (Wildman–Crippen MR) is 59.5 cm³/mol. The van der Waals surface area contributed by atoms with Crippen LogP contribution in [0.5, 0.6) is 0 Å². The second-order valence-corrected chi connectivity index (χ2v) is 6.86. The molecule has 0 spiro atoms. The third kappa shape index (κ3) is 3.40. The maximum atomic E-state index is 11.6. The summed E-state index contributed by atoms with van der Waals surface area (Å²) in [5.74, 6) is 0.738. The molecular formula is C10H19NO2S. The summed E-state index contributed by atoms with van der Waals surface area (Å²) in [6.45, 7) is 10.7. The molecule has 1 amide bonds. The Kier molecular flexibility index (Phi) is 3.04. The van der Waals surface area contributed by atoms with Crippen LogP contribution in [0.4, 0.5) is 4.79 Å². The molecule has 0 aromatic heterocycles. The molecule has 0 radical (unpaired) electrons. The number of rotatable bonds is 0. The highest BCUT2D eigenvalue weighted by molar-refractivity contribution is 8.00. The van der Waals surface area contributed by atoms with Gasteiger partial charge in [0.2, 0.25) is 0 Å². The first kappa shape index (κ1) is 11.7. The van der Waals surface area contributed by atoms with Crippen LogP contribution in [0.25, 0.3) is 0 Å². The molecule has 0 unspecified atom stereocenters. The Morgan fingerprint density at radius 1 is 1.43 bits per heavy atom. The summed E-state index contributed by atoms with van der Waals surface area (Å²) in [5.41, 5.74) is -0.394. The molecule has 0 bridgehead atoms. The zero-order chi connectivity index (χ0) is 11.0. The molecule has 0 atom stereocenters. The Labute approximate surface area is 90.2 Å². The van der Waals surface area contributed by atoms with Gasteiger partial charge < -0.3 is 4.74 Å². The van der Waals surface area contributed by atoms with Crippen molar-refractivity contribution in [3.05, 3.63) is 0 Å². The van der Waals surface area contributed by atoms with Gasteiger partial charge in [-0.2, -0.15) is 0 Å². The molecule has 82 valence electrons. The monoisotopic (exact) mass is 217 g/mol. The molecule has 0 aliphatic carbocycles. The van der Waals surface area contributed by atoms with E-state index < -0.39 is 5.60 Å². The molecule has 1 aliphatic heterocycles. The molecular weight excluding hydrogens is 198 g/mol. The summed E-state index contributed by atoms with van der Waals surface area (Å²) >= 11 is 1.79. The van der Waals surface area contributed by atoms with E-state index in [0.717, 1.165) is 12.4 Å².